The molecule has 0 saturated carbocycles. The Labute approximate surface area is 102 Å². The molecule has 1 aromatic rings. The molecule has 0 radical (unpaired) electrons. The number of hydrogen-bond acceptors (Lipinski definition) is 3. The third-order valence-corrected chi connectivity index (χ3v) is 4.34. The Hall–Kier alpha value is -0.910. The van der Waals surface area contributed by atoms with Crippen molar-refractivity contribution in [1.29, 1.82) is 0 Å². The summed E-state index contributed by atoms with van der Waals surface area (Å²) in [6, 6.07) is 9.57. The summed E-state index contributed by atoms with van der Waals surface area (Å²) in [6.07, 6.45) is 1.79. The van der Waals surface area contributed by atoms with Crippen LogP contribution in [0.1, 0.15) is 25.3 Å². The Morgan fingerprint density at radius 2 is 2.06 bits per heavy atom. The van der Waals surface area contributed by atoms with Gasteiger partial charge in [-0.15, -0.1) is 0 Å². The van der Waals surface area contributed by atoms with E-state index in [1.165, 1.54) is 4.31 Å². The molecule has 1 aromatic carbocycles. The maximum atomic E-state index is 11.8. The maximum absolute atomic E-state index is 11.8. The molecular weight excluding hydrogens is 238 g/mol. The summed E-state index contributed by atoms with van der Waals surface area (Å²) in [4.78, 5) is 0. The van der Waals surface area contributed by atoms with Gasteiger partial charge in [-0.2, -0.15) is 12.7 Å². The van der Waals surface area contributed by atoms with Crippen molar-refractivity contribution < 1.29 is 12.6 Å². The molecule has 1 heterocycles. The summed E-state index contributed by atoms with van der Waals surface area (Å²) < 4.78 is 29.9. The molecule has 1 saturated heterocycles. The Bertz CT molecular complexity index is 458. The number of rotatable bonds is 4. The average molecular weight is 255 g/mol. The first-order valence-electron chi connectivity index (χ1n) is 5.83. The molecular formula is C12H17NO3S. The summed E-state index contributed by atoms with van der Waals surface area (Å²) in [5.74, 6) is 0. The normalized spacial score (nSPS) is 23.9. The lowest BCUT2D eigenvalue weighted by molar-refractivity contribution is 0.292. The van der Waals surface area contributed by atoms with E-state index >= 15 is 0 Å². The van der Waals surface area contributed by atoms with E-state index in [9.17, 15) is 8.42 Å². The molecule has 0 N–H and O–H groups in total. The summed E-state index contributed by atoms with van der Waals surface area (Å²) in [7, 11) is -3.52. The highest BCUT2D eigenvalue weighted by Gasteiger charge is 2.37. The molecule has 0 aliphatic carbocycles. The van der Waals surface area contributed by atoms with E-state index in [-0.39, 0.29) is 12.6 Å². The number of hydrogen-bond donors (Lipinski definition) is 0. The second-order valence-corrected chi connectivity index (χ2v) is 5.78. The fourth-order valence-corrected chi connectivity index (χ4v) is 3.33. The van der Waals surface area contributed by atoms with Gasteiger partial charge >= 0.3 is 10.3 Å². The zero-order valence-electron chi connectivity index (χ0n) is 9.87. The number of nitrogens with zero attached hydrogens (tertiary/aromatic N) is 1. The van der Waals surface area contributed by atoms with Crippen LogP contribution in [-0.4, -0.2) is 25.4 Å². The Balaban J connectivity index is 2.16. The molecule has 1 aliphatic rings. The van der Waals surface area contributed by atoms with E-state index in [0.717, 1.165) is 18.4 Å². The predicted octanol–water partition coefficient (Wildman–Crippen LogP) is 1.93. The molecule has 94 valence electrons. The second kappa shape index (κ2) is 5.16. The van der Waals surface area contributed by atoms with Gasteiger partial charge in [0, 0.05) is 6.54 Å². The fourth-order valence-electron chi connectivity index (χ4n) is 2.03. The zero-order chi connectivity index (χ0) is 12.3. The third kappa shape index (κ3) is 2.86. The van der Waals surface area contributed by atoms with Crippen LogP contribution in [0.5, 0.6) is 0 Å². The minimum absolute atomic E-state index is 0.0230. The van der Waals surface area contributed by atoms with Gasteiger partial charge in [-0.1, -0.05) is 43.7 Å². The summed E-state index contributed by atoms with van der Waals surface area (Å²) in [5.41, 5.74) is 0.989. The molecule has 0 aromatic heterocycles. The Morgan fingerprint density at radius 1 is 1.35 bits per heavy atom. The lowest BCUT2D eigenvalue weighted by Gasteiger charge is -2.19. The fraction of sp³-hybridized carbons (Fsp3) is 0.500. The minimum Gasteiger partial charge on any atom is -0.256 e. The highest BCUT2D eigenvalue weighted by atomic mass is 32.2. The summed E-state index contributed by atoms with van der Waals surface area (Å²) >= 11 is 0. The van der Waals surface area contributed by atoms with Crippen LogP contribution < -0.4 is 0 Å². The third-order valence-electron chi connectivity index (χ3n) is 2.91. The van der Waals surface area contributed by atoms with Crippen LogP contribution in [0.3, 0.4) is 0 Å². The van der Waals surface area contributed by atoms with Gasteiger partial charge in [0.05, 0.1) is 12.6 Å². The van der Waals surface area contributed by atoms with Crippen LogP contribution in [0.2, 0.25) is 0 Å². The average Bonchev–Trinajstić information content (AvgIpc) is 2.59. The van der Waals surface area contributed by atoms with Gasteiger partial charge in [0.2, 0.25) is 0 Å². The standard InChI is InChI=1S/C12H17NO3S/c1-2-6-12-10-16-17(14,15)13(12)9-11-7-4-3-5-8-11/h3-5,7-8,12H,2,6,9-10H2,1H3/t12-/m0/s1. The van der Waals surface area contributed by atoms with Crippen molar-refractivity contribution in [3.8, 4) is 0 Å². The molecule has 0 spiro atoms. The monoisotopic (exact) mass is 255 g/mol. The van der Waals surface area contributed by atoms with Gasteiger partial charge in [0.15, 0.2) is 0 Å². The van der Waals surface area contributed by atoms with Crippen LogP contribution >= 0.6 is 0 Å². The van der Waals surface area contributed by atoms with Crippen molar-refractivity contribution in [3.05, 3.63) is 35.9 Å². The molecule has 0 bridgehead atoms. The van der Waals surface area contributed by atoms with Crippen molar-refractivity contribution >= 4 is 10.3 Å². The highest BCUT2D eigenvalue weighted by molar-refractivity contribution is 7.84. The smallest absolute Gasteiger partial charge is 0.256 e. The zero-order valence-corrected chi connectivity index (χ0v) is 10.7. The second-order valence-electron chi connectivity index (χ2n) is 4.22. The van der Waals surface area contributed by atoms with Crippen LogP contribution in [0.15, 0.2) is 30.3 Å². The van der Waals surface area contributed by atoms with E-state index in [4.69, 9.17) is 4.18 Å². The molecule has 4 nitrogen and oxygen atoms in total. The van der Waals surface area contributed by atoms with Crippen LogP contribution in [0.4, 0.5) is 0 Å². The first kappa shape index (κ1) is 12.5. The van der Waals surface area contributed by atoms with Crippen molar-refractivity contribution in [2.24, 2.45) is 0 Å². The topological polar surface area (TPSA) is 46.6 Å². The van der Waals surface area contributed by atoms with Crippen molar-refractivity contribution in [2.75, 3.05) is 6.61 Å². The van der Waals surface area contributed by atoms with E-state index in [0.29, 0.717) is 6.54 Å². The van der Waals surface area contributed by atoms with Gasteiger partial charge in [-0.3, -0.25) is 4.18 Å². The molecule has 0 amide bonds. The lowest BCUT2D eigenvalue weighted by atomic mass is 10.1. The van der Waals surface area contributed by atoms with Gasteiger partial charge in [0.25, 0.3) is 0 Å². The first-order valence-corrected chi connectivity index (χ1v) is 7.20. The van der Waals surface area contributed by atoms with Crippen molar-refractivity contribution in [3.63, 3.8) is 0 Å². The van der Waals surface area contributed by atoms with E-state index in [1.807, 2.05) is 37.3 Å². The SMILES string of the molecule is CCC[C@H]1COS(=O)(=O)N1Cc1ccccc1. The van der Waals surface area contributed by atoms with Gasteiger partial charge < -0.3 is 0 Å². The van der Waals surface area contributed by atoms with Gasteiger partial charge in [-0.05, 0) is 12.0 Å². The molecule has 5 heteroatoms. The molecule has 1 aliphatic heterocycles. The lowest BCUT2D eigenvalue weighted by Crippen LogP contribution is -2.33. The summed E-state index contributed by atoms with van der Waals surface area (Å²) in [5, 5.41) is 0. The quantitative estimate of drug-likeness (QED) is 0.826. The largest absolute Gasteiger partial charge is 0.339 e. The minimum atomic E-state index is -3.52. The summed E-state index contributed by atoms with van der Waals surface area (Å²) in [6.45, 7) is 2.72. The van der Waals surface area contributed by atoms with E-state index in [2.05, 4.69) is 0 Å². The maximum Gasteiger partial charge on any atom is 0.339 e. The van der Waals surface area contributed by atoms with E-state index < -0.39 is 10.3 Å². The van der Waals surface area contributed by atoms with Crippen molar-refractivity contribution in [2.45, 2.75) is 32.4 Å². The Morgan fingerprint density at radius 3 is 2.71 bits per heavy atom. The molecule has 17 heavy (non-hydrogen) atoms. The molecule has 2 rings (SSSR count). The van der Waals surface area contributed by atoms with E-state index in [1.54, 1.807) is 0 Å². The number of benzene rings is 1. The van der Waals surface area contributed by atoms with Crippen LogP contribution in [0, 0.1) is 0 Å². The molecule has 1 atom stereocenters. The van der Waals surface area contributed by atoms with Crippen LogP contribution in [-0.2, 0) is 21.0 Å². The highest BCUT2D eigenvalue weighted by Crippen LogP contribution is 2.24. The predicted molar refractivity (Wildman–Crippen MR) is 65.6 cm³/mol. The Kier molecular flexibility index (Phi) is 3.81. The van der Waals surface area contributed by atoms with Crippen LogP contribution in [0.25, 0.3) is 0 Å². The molecule has 1 fully saturated rings. The van der Waals surface area contributed by atoms with Crippen molar-refractivity contribution in [1.82, 2.24) is 4.31 Å². The first-order chi connectivity index (χ1) is 8.13. The van der Waals surface area contributed by atoms with Gasteiger partial charge in [0.1, 0.15) is 0 Å². The van der Waals surface area contributed by atoms with Gasteiger partial charge in [-0.25, -0.2) is 0 Å². The molecule has 0 unspecified atom stereocenters.